The van der Waals surface area contributed by atoms with Crippen LogP contribution in [0, 0.1) is 0 Å². The molecule has 6 N–H and O–H groups in total. The molecule has 0 spiro atoms. The summed E-state index contributed by atoms with van der Waals surface area (Å²) < 4.78 is 9.21. The molecule has 2 aliphatic heterocycles. The molecule has 2 aliphatic rings. The maximum absolute atomic E-state index is 9.90. The molecule has 43 heavy (non-hydrogen) atoms. The molecule has 2 fully saturated rings. The van der Waals surface area contributed by atoms with E-state index in [-0.39, 0.29) is 39.3 Å². The summed E-state index contributed by atoms with van der Waals surface area (Å²) in [6, 6.07) is 0. The van der Waals surface area contributed by atoms with E-state index in [9.17, 15) is 19.2 Å². The second kappa shape index (κ2) is 46.4. The molecular formula is C29H56N2O12. The highest BCUT2D eigenvalue weighted by molar-refractivity contribution is 5.67. The van der Waals surface area contributed by atoms with Crippen LogP contribution < -0.4 is 0 Å². The van der Waals surface area contributed by atoms with Gasteiger partial charge in [-0.2, -0.15) is 0 Å². The fraction of sp³-hybridized carbons (Fsp3) is 0.862. The van der Waals surface area contributed by atoms with Crippen LogP contribution in [0.5, 0.6) is 0 Å². The Morgan fingerprint density at radius 2 is 0.907 bits per heavy atom. The Labute approximate surface area is 255 Å². The second-order valence-electron chi connectivity index (χ2n) is 9.13. The lowest BCUT2D eigenvalue weighted by Gasteiger charge is -1.93. The van der Waals surface area contributed by atoms with Crippen LogP contribution in [-0.2, 0) is 28.7 Å². The summed E-state index contributed by atoms with van der Waals surface area (Å²) in [7, 11) is 0. The van der Waals surface area contributed by atoms with E-state index in [4.69, 9.17) is 35.4 Å². The summed E-state index contributed by atoms with van der Waals surface area (Å²) in [6.07, 6.45) is 13.7. The number of ether oxygens (including phenoxy) is 2. The third-order valence-corrected chi connectivity index (χ3v) is 4.79. The van der Waals surface area contributed by atoms with E-state index in [2.05, 4.69) is 21.6 Å². The Hall–Kier alpha value is -2.54. The standard InChI is InChI=1S/C8H12N2O2.C6H10O4.C6H14O2.C4H10O2.C3H6O.C2H4O/c11-7-9-5-3-1-2-4-6-10-8-12;7-5(8)3-1-2-4-6(9)10;7-5-3-1-2-4-6-8;5-3-1-2-4-6;1-3-2-4-3;1-2-3-1/h1-6H2;1-4H2,(H,7,8)(H,9,10);7-8H,1-6H2;5-6H,1-4H2;3H,2H2,1H3;1-2H2. The fourth-order valence-electron chi connectivity index (χ4n) is 2.28. The minimum absolute atomic E-state index is 0.0628. The van der Waals surface area contributed by atoms with E-state index in [1.807, 2.05) is 0 Å². The minimum atomic E-state index is -0.870. The number of unbranched alkanes of at least 4 members (excludes halogenated alkanes) is 8. The molecule has 0 amide bonds. The highest BCUT2D eigenvalue weighted by Crippen LogP contribution is 2.04. The average molecular weight is 625 g/mol. The van der Waals surface area contributed by atoms with Gasteiger partial charge in [0.2, 0.25) is 12.2 Å². The molecule has 14 heteroatoms. The molecule has 0 aromatic carbocycles. The minimum Gasteiger partial charge on any atom is -0.481 e. The molecule has 0 aromatic heterocycles. The van der Waals surface area contributed by atoms with Gasteiger partial charge in [-0.05, 0) is 58.3 Å². The molecule has 2 heterocycles. The van der Waals surface area contributed by atoms with E-state index < -0.39 is 11.9 Å². The van der Waals surface area contributed by atoms with Gasteiger partial charge in [0.05, 0.1) is 39.0 Å². The van der Waals surface area contributed by atoms with Crippen molar-refractivity contribution in [3.8, 4) is 0 Å². The van der Waals surface area contributed by atoms with Crippen LogP contribution in [0.2, 0.25) is 0 Å². The van der Waals surface area contributed by atoms with Crippen molar-refractivity contribution in [3.05, 3.63) is 0 Å². The average Bonchev–Trinajstić information content (AvgIpc) is 3.92. The van der Waals surface area contributed by atoms with Crippen molar-refractivity contribution < 1.29 is 59.3 Å². The number of rotatable bonds is 20. The first-order chi connectivity index (χ1) is 20.8. The molecule has 0 aliphatic carbocycles. The van der Waals surface area contributed by atoms with Crippen LogP contribution in [0.25, 0.3) is 0 Å². The zero-order valence-corrected chi connectivity index (χ0v) is 25.9. The lowest BCUT2D eigenvalue weighted by atomic mass is 10.2. The summed E-state index contributed by atoms with van der Waals surface area (Å²) in [4.78, 5) is 45.9. The molecule has 2 saturated heterocycles. The molecule has 14 nitrogen and oxygen atoms in total. The first-order valence-electron chi connectivity index (χ1n) is 14.9. The van der Waals surface area contributed by atoms with E-state index in [1.54, 1.807) is 0 Å². The topological polar surface area (TPSA) is 239 Å². The number of carbonyl (C=O) groups is 2. The lowest BCUT2D eigenvalue weighted by molar-refractivity contribution is -0.139. The molecule has 0 radical (unpaired) electrons. The smallest absolute Gasteiger partial charge is 0.303 e. The molecule has 1 atom stereocenters. The Morgan fingerprint density at radius 3 is 1.12 bits per heavy atom. The number of hydrogen-bond acceptors (Lipinski definition) is 12. The number of aliphatic imine (C=N–C) groups is 2. The molecule has 0 saturated carbocycles. The largest absolute Gasteiger partial charge is 0.481 e. The molecule has 0 bridgehead atoms. The van der Waals surface area contributed by atoms with Crippen molar-refractivity contribution in [2.24, 2.45) is 9.98 Å². The van der Waals surface area contributed by atoms with Crippen molar-refractivity contribution in [3.63, 3.8) is 0 Å². The SMILES string of the molecule is C1CO1.CC1CO1.O=C(O)CCCCC(=O)O.O=C=NCCCCCCN=C=O.OCCCCCCO.OCCCCO. The Kier molecular flexibility index (Phi) is 51.2. The van der Waals surface area contributed by atoms with Crippen molar-refractivity contribution in [1.29, 1.82) is 0 Å². The number of hydrogen-bond donors (Lipinski definition) is 6. The Balaban J connectivity index is -0.000000222. The van der Waals surface area contributed by atoms with Crippen molar-refractivity contribution >= 4 is 24.1 Å². The highest BCUT2D eigenvalue weighted by atomic mass is 16.6. The van der Waals surface area contributed by atoms with E-state index in [0.717, 1.165) is 84.0 Å². The van der Waals surface area contributed by atoms with Crippen molar-refractivity contribution in [1.82, 2.24) is 0 Å². The number of aliphatic hydroxyl groups excluding tert-OH is 4. The number of epoxide rings is 2. The summed E-state index contributed by atoms with van der Waals surface area (Å²) >= 11 is 0. The molecule has 254 valence electrons. The van der Waals surface area contributed by atoms with Crippen LogP contribution in [0.4, 0.5) is 0 Å². The quantitative estimate of drug-likeness (QED) is 0.0496. The summed E-state index contributed by atoms with van der Waals surface area (Å²) in [5.74, 6) is -1.74. The van der Waals surface area contributed by atoms with Gasteiger partial charge in [-0.15, -0.1) is 0 Å². The predicted molar refractivity (Wildman–Crippen MR) is 160 cm³/mol. The number of isocyanates is 2. The Morgan fingerprint density at radius 1 is 0.628 bits per heavy atom. The molecule has 2 rings (SSSR count). The number of aliphatic carboxylic acids is 2. The summed E-state index contributed by atoms with van der Waals surface area (Å²) in [5.41, 5.74) is 0. The van der Waals surface area contributed by atoms with Gasteiger partial charge in [-0.1, -0.05) is 25.7 Å². The van der Waals surface area contributed by atoms with Gasteiger partial charge in [0, 0.05) is 39.3 Å². The Bertz CT molecular complexity index is 613. The zero-order valence-electron chi connectivity index (χ0n) is 25.9. The number of nitrogens with zero attached hydrogens (tertiary/aromatic N) is 2. The monoisotopic (exact) mass is 624 g/mol. The van der Waals surface area contributed by atoms with Gasteiger partial charge >= 0.3 is 11.9 Å². The molecular weight excluding hydrogens is 568 g/mol. The first-order valence-corrected chi connectivity index (χ1v) is 14.9. The third kappa shape index (κ3) is 85.4. The van der Waals surface area contributed by atoms with Crippen LogP contribution >= 0.6 is 0 Å². The van der Waals surface area contributed by atoms with Crippen LogP contribution in [0.3, 0.4) is 0 Å². The number of carboxylic acids is 2. The number of aliphatic hydroxyl groups is 4. The van der Waals surface area contributed by atoms with Gasteiger partial charge in [-0.3, -0.25) is 9.59 Å². The van der Waals surface area contributed by atoms with Crippen LogP contribution in [0.15, 0.2) is 9.98 Å². The normalized spacial score (nSPS) is 12.9. The van der Waals surface area contributed by atoms with Crippen LogP contribution in [0.1, 0.15) is 96.8 Å². The fourth-order valence-corrected chi connectivity index (χ4v) is 2.28. The van der Waals surface area contributed by atoms with E-state index in [0.29, 0.717) is 32.0 Å². The number of carbonyl (C=O) groups excluding carboxylic acids is 2. The maximum atomic E-state index is 9.90. The van der Waals surface area contributed by atoms with Crippen molar-refractivity contribution in [2.45, 2.75) is 103 Å². The lowest BCUT2D eigenvalue weighted by Crippen LogP contribution is -1.97. The van der Waals surface area contributed by atoms with Crippen LogP contribution in [-0.4, -0.2) is 120 Å². The van der Waals surface area contributed by atoms with Gasteiger partial charge in [0.15, 0.2) is 0 Å². The molecule has 0 aromatic rings. The van der Waals surface area contributed by atoms with Gasteiger partial charge in [-0.25, -0.2) is 19.6 Å². The predicted octanol–water partition coefficient (Wildman–Crippen LogP) is 2.64. The highest BCUT2D eigenvalue weighted by Gasteiger charge is 2.13. The van der Waals surface area contributed by atoms with Gasteiger partial charge < -0.3 is 40.1 Å². The third-order valence-electron chi connectivity index (χ3n) is 4.79. The van der Waals surface area contributed by atoms with Gasteiger partial charge in [0.25, 0.3) is 0 Å². The van der Waals surface area contributed by atoms with Gasteiger partial charge in [0.1, 0.15) is 0 Å². The summed E-state index contributed by atoms with van der Waals surface area (Å²) in [5, 5.41) is 49.0. The van der Waals surface area contributed by atoms with E-state index in [1.165, 1.54) is 12.2 Å². The zero-order chi connectivity index (χ0) is 33.2. The second-order valence-corrected chi connectivity index (χ2v) is 9.13. The number of carboxylic acid groups (broad SMARTS) is 2. The maximum Gasteiger partial charge on any atom is 0.303 e. The summed E-state index contributed by atoms with van der Waals surface area (Å²) in [6.45, 7) is 7.11. The molecule has 1 unspecified atom stereocenters. The van der Waals surface area contributed by atoms with Crippen molar-refractivity contribution in [2.75, 3.05) is 59.3 Å². The van der Waals surface area contributed by atoms with E-state index >= 15 is 0 Å². The first kappa shape index (κ1) is 47.4.